The SMILES string of the molecule is C[C@@H]1CN(Cc2ccc(C(=O)NO)cc2)C[C@H](C)N1C(=O)c1ccc(CN2CCN(C)CC2)cc1. The minimum atomic E-state index is -0.515. The van der Waals surface area contributed by atoms with E-state index in [0.29, 0.717) is 5.56 Å². The van der Waals surface area contributed by atoms with E-state index in [9.17, 15) is 9.59 Å². The van der Waals surface area contributed by atoms with Crippen LogP contribution in [0.5, 0.6) is 0 Å². The van der Waals surface area contributed by atoms with Gasteiger partial charge in [0.1, 0.15) is 0 Å². The predicted molar refractivity (Wildman–Crippen MR) is 135 cm³/mol. The van der Waals surface area contributed by atoms with E-state index in [0.717, 1.165) is 63.5 Å². The summed E-state index contributed by atoms with van der Waals surface area (Å²) in [4.78, 5) is 34.1. The molecule has 0 unspecified atom stereocenters. The molecule has 2 atom stereocenters. The summed E-state index contributed by atoms with van der Waals surface area (Å²) in [7, 11) is 2.16. The van der Waals surface area contributed by atoms with Crippen molar-refractivity contribution in [3.05, 3.63) is 70.8 Å². The summed E-state index contributed by atoms with van der Waals surface area (Å²) in [6.45, 7) is 11.8. The van der Waals surface area contributed by atoms with Crippen molar-refractivity contribution >= 4 is 11.8 Å². The Bertz CT molecular complexity index is 990. The summed E-state index contributed by atoms with van der Waals surface area (Å²) in [5.41, 5.74) is 5.16. The molecule has 2 aromatic rings. The summed E-state index contributed by atoms with van der Waals surface area (Å²) in [5.74, 6) is -0.423. The number of amides is 2. The zero-order chi connectivity index (χ0) is 24.9. The lowest BCUT2D eigenvalue weighted by atomic mass is 10.0. The van der Waals surface area contributed by atoms with Gasteiger partial charge in [0.2, 0.25) is 0 Å². The summed E-state index contributed by atoms with van der Waals surface area (Å²) in [6.07, 6.45) is 0. The lowest BCUT2D eigenvalue weighted by Crippen LogP contribution is -2.58. The number of piperazine rings is 2. The third kappa shape index (κ3) is 6.27. The number of carbonyl (C=O) groups excluding carboxylic acids is 2. The smallest absolute Gasteiger partial charge is 0.274 e. The van der Waals surface area contributed by atoms with Gasteiger partial charge in [-0.25, -0.2) is 5.48 Å². The van der Waals surface area contributed by atoms with Crippen LogP contribution in [-0.2, 0) is 13.1 Å². The molecule has 0 aliphatic carbocycles. The summed E-state index contributed by atoms with van der Waals surface area (Å²) in [6, 6.07) is 15.6. The molecule has 0 bridgehead atoms. The van der Waals surface area contributed by atoms with Gasteiger partial charge in [0, 0.05) is 75.6 Å². The molecule has 2 heterocycles. The average molecular weight is 480 g/mol. The quantitative estimate of drug-likeness (QED) is 0.489. The normalized spacial score (nSPS) is 22.2. The Morgan fingerprint density at radius 3 is 1.80 bits per heavy atom. The molecule has 2 aliphatic heterocycles. The largest absolute Gasteiger partial charge is 0.331 e. The molecule has 2 fully saturated rings. The number of hydrogen-bond acceptors (Lipinski definition) is 6. The second-order valence-electron chi connectivity index (χ2n) is 10.0. The van der Waals surface area contributed by atoms with Crippen molar-refractivity contribution in [1.82, 2.24) is 25.1 Å². The fraction of sp³-hybridized carbons (Fsp3) is 0.481. The Hall–Kier alpha value is -2.78. The Balaban J connectivity index is 1.33. The number of nitrogens with zero attached hydrogens (tertiary/aromatic N) is 4. The highest BCUT2D eigenvalue weighted by molar-refractivity contribution is 5.95. The first kappa shape index (κ1) is 25.3. The zero-order valence-electron chi connectivity index (χ0n) is 21.0. The van der Waals surface area contributed by atoms with Gasteiger partial charge in [0.05, 0.1) is 0 Å². The second-order valence-corrected chi connectivity index (χ2v) is 10.0. The van der Waals surface area contributed by atoms with Crippen molar-refractivity contribution in [2.45, 2.75) is 39.0 Å². The number of nitrogens with one attached hydrogen (secondary N) is 1. The van der Waals surface area contributed by atoms with Crippen LogP contribution in [0.15, 0.2) is 48.5 Å². The maximum Gasteiger partial charge on any atom is 0.274 e. The van der Waals surface area contributed by atoms with Crippen molar-refractivity contribution in [2.24, 2.45) is 0 Å². The van der Waals surface area contributed by atoms with Crippen molar-refractivity contribution < 1.29 is 14.8 Å². The van der Waals surface area contributed by atoms with Gasteiger partial charge in [-0.05, 0) is 56.3 Å². The molecule has 0 spiro atoms. The first-order chi connectivity index (χ1) is 16.8. The summed E-state index contributed by atoms with van der Waals surface area (Å²) >= 11 is 0. The van der Waals surface area contributed by atoms with E-state index in [2.05, 4.69) is 47.7 Å². The van der Waals surface area contributed by atoms with Crippen molar-refractivity contribution in [3.8, 4) is 0 Å². The van der Waals surface area contributed by atoms with E-state index < -0.39 is 5.91 Å². The van der Waals surface area contributed by atoms with Crippen LogP contribution < -0.4 is 5.48 Å². The Morgan fingerprint density at radius 1 is 0.800 bits per heavy atom. The Morgan fingerprint density at radius 2 is 1.29 bits per heavy atom. The number of hydrogen-bond donors (Lipinski definition) is 2. The molecule has 2 saturated heterocycles. The highest BCUT2D eigenvalue weighted by atomic mass is 16.5. The molecule has 8 heteroatoms. The molecule has 0 radical (unpaired) electrons. The molecule has 0 aromatic heterocycles. The average Bonchev–Trinajstić information content (AvgIpc) is 2.85. The van der Waals surface area contributed by atoms with Gasteiger partial charge in [-0.15, -0.1) is 0 Å². The minimum Gasteiger partial charge on any atom is -0.331 e. The fourth-order valence-electron chi connectivity index (χ4n) is 5.21. The topological polar surface area (TPSA) is 79.4 Å². The number of hydroxylamine groups is 1. The molecule has 2 N–H and O–H groups in total. The lowest BCUT2D eigenvalue weighted by molar-refractivity contribution is 0.0268. The molecular formula is C27H37N5O3. The van der Waals surface area contributed by atoms with Crippen LogP contribution in [0, 0.1) is 0 Å². The van der Waals surface area contributed by atoms with E-state index in [1.807, 2.05) is 29.2 Å². The van der Waals surface area contributed by atoms with Gasteiger partial charge in [-0.3, -0.25) is 24.6 Å². The molecule has 2 aliphatic rings. The van der Waals surface area contributed by atoms with Gasteiger partial charge in [0.25, 0.3) is 11.8 Å². The van der Waals surface area contributed by atoms with Crippen LogP contribution in [0.25, 0.3) is 0 Å². The number of rotatable bonds is 6. The van der Waals surface area contributed by atoms with Crippen LogP contribution >= 0.6 is 0 Å². The van der Waals surface area contributed by atoms with Crippen molar-refractivity contribution in [3.63, 3.8) is 0 Å². The van der Waals surface area contributed by atoms with Crippen molar-refractivity contribution in [2.75, 3.05) is 46.3 Å². The maximum atomic E-state index is 13.4. The highest BCUT2D eigenvalue weighted by Gasteiger charge is 2.33. The van der Waals surface area contributed by atoms with E-state index in [1.54, 1.807) is 17.6 Å². The molecule has 8 nitrogen and oxygen atoms in total. The van der Waals surface area contributed by atoms with E-state index in [1.165, 1.54) is 5.56 Å². The molecular weight excluding hydrogens is 442 g/mol. The monoisotopic (exact) mass is 479 g/mol. The van der Waals surface area contributed by atoms with Gasteiger partial charge in [0.15, 0.2) is 0 Å². The van der Waals surface area contributed by atoms with Crippen LogP contribution in [0.4, 0.5) is 0 Å². The zero-order valence-corrected chi connectivity index (χ0v) is 21.0. The Labute approximate surface area is 208 Å². The molecule has 0 saturated carbocycles. The van der Waals surface area contributed by atoms with E-state index >= 15 is 0 Å². The van der Waals surface area contributed by atoms with E-state index in [-0.39, 0.29) is 18.0 Å². The first-order valence-electron chi connectivity index (χ1n) is 12.4. The summed E-state index contributed by atoms with van der Waals surface area (Å²) < 4.78 is 0. The van der Waals surface area contributed by atoms with Gasteiger partial charge in [-0.1, -0.05) is 24.3 Å². The van der Waals surface area contributed by atoms with Gasteiger partial charge >= 0.3 is 0 Å². The third-order valence-electron chi connectivity index (χ3n) is 7.16. The van der Waals surface area contributed by atoms with Crippen LogP contribution in [0.1, 0.15) is 45.7 Å². The number of benzene rings is 2. The van der Waals surface area contributed by atoms with Crippen molar-refractivity contribution in [1.29, 1.82) is 0 Å². The standard InChI is InChI=1S/C27H37N5O3/c1-20-16-31(19-23-4-8-24(9-5-23)26(33)28-35)17-21(2)32(20)27(34)25-10-6-22(7-11-25)18-30-14-12-29(3)13-15-30/h4-11,20-21,35H,12-19H2,1-3H3,(H,28,33)/t20-,21+. The predicted octanol–water partition coefficient (Wildman–Crippen LogP) is 2.29. The molecule has 2 aromatic carbocycles. The minimum absolute atomic E-state index is 0.0927. The van der Waals surface area contributed by atoms with Gasteiger partial charge < -0.3 is 9.80 Å². The second kappa shape index (κ2) is 11.3. The summed E-state index contributed by atoms with van der Waals surface area (Å²) in [5, 5.41) is 8.77. The van der Waals surface area contributed by atoms with Crippen LogP contribution in [-0.4, -0.2) is 95.0 Å². The fourth-order valence-corrected chi connectivity index (χ4v) is 5.21. The lowest BCUT2D eigenvalue weighted by Gasteiger charge is -2.44. The van der Waals surface area contributed by atoms with Gasteiger partial charge in [-0.2, -0.15) is 0 Å². The Kier molecular flexibility index (Phi) is 8.18. The van der Waals surface area contributed by atoms with E-state index in [4.69, 9.17) is 5.21 Å². The van der Waals surface area contributed by atoms with Crippen LogP contribution in [0.3, 0.4) is 0 Å². The maximum absolute atomic E-state index is 13.4. The number of likely N-dealkylation sites (N-methyl/N-ethyl adjacent to an activating group) is 1. The number of carbonyl (C=O) groups is 2. The third-order valence-corrected chi connectivity index (χ3v) is 7.16. The molecule has 2 amide bonds. The molecule has 35 heavy (non-hydrogen) atoms. The highest BCUT2D eigenvalue weighted by Crippen LogP contribution is 2.21. The van der Waals surface area contributed by atoms with Crippen LogP contribution in [0.2, 0.25) is 0 Å². The molecule has 188 valence electrons. The first-order valence-corrected chi connectivity index (χ1v) is 12.4. The molecule has 4 rings (SSSR count).